The van der Waals surface area contributed by atoms with Crippen LogP contribution in [0.2, 0.25) is 0 Å². The van der Waals surface area contributed by atoms with Crippen LogP contribution >= 0.6 is 9.24 Å². The Morgan fingerprint density at radius 2 is 2.50 bits per heavy atom. The Labute approximate surface area is 77.0 Å². The minimum Gasteiger partial charge on any atom is -0.381 e. The van der Waals surface area contributed by atoms with Crippen LogP contribution in [-0.2, 0) is 9.47 Å². The molecular formula is C8H14BO2P. The van der Waals surface area contributed by atoms with Crippen LogP contribution in [0.4, 0.5) is 0 Å². The highest BCUT2D eigenvalue weighted by Crippen LogP contribution is 2.22. The quantitative estimate of drug-likeness (QED) is 0.338. The van der Waals surface area contributed by atoms with Crippen LogP contribution in [0.3, 0.4) is 0 Å². The van der Waals surface area contributed by atoms with E-state index in [9.17, 15) is 0 Å². The summed E-state index contributed by atoms with van der Waals surface area (Å²) in [6.07, 6.45) is 7.38. The van der Waals surface area contributed by atoms with E-state index in [0.29, 0.717) is 12.6 Å². The lowest BCUT2D eigenvalue weighted by Crippen LogP contribution is -2.25. The third kappa shape index (κ3) is 2.49. The molecule has 1 fully saturated rings. The molecule has 0 saturated carbocycles. The Kier molecular flexibility index (Phi) is 4.08. The summed E-state index contributed by atoms with van der Waals surface area (Å²) in [7, 11) is 4.73. The topological polar surface area (TPSA) is 18.5 Å². The molecule has 0 spiro atoms. The number of hydrogen-bond acceptors (Lipinski definition) is 2. The summed E-state index contributed by atoms with van der Waals surface area (Å²) in [5.74, 6) is 2.47. The molecule has 1 rings (SSSR count). The molecule has 1 aliphatic rings. The lowest BCUT2D eigenvalue weighted by Gasteiger charge is -2.15. The summed E-state index contributed by atoms with van der Waals surface area (Å²) in [6.45, 7) is 0.391. The fourth-order valence-electron chi connectivity index (χ4n) is 1.46. The van der Waals surface area contributed by atoms with Crippen molar-refractivity contribution < 1.29 is 9.47 Å². The Balaban J connectivity index is 2.36. The summed E-state index contributed by atoms with van der Waals surface area (Å²) in [6, 6.07) is 0.304. The summed E-state index contributed by atoms with van der Waals surface area (Å²) >= 11 is 0. The Morgan fingerprint density at radius 3 is 3.08 bits per heavy atom. The third-order valence-corrected chi connectivity index (χ3v) is 2.46. The van der Waals surface area contributed by atoms with E-state index in [0.717, 1.165) is 12.6 Å². The van der Waals surface area contributed by atoms with E-state index in [2.05, 4.69) is 23.0 Å². The fraction of sp³-hybridized carbons (Fsp3) is 0.750. The second kappa shape index (κ2) is 4.87. The fourth-order valence-corrected chi connectivity index (χ4v) is 1.87. The molecule has 0 amide bonds. The zero-order chi connectivity index (χ0) is 8.97. The highest BCUT2D eigenvalue weighted by molar-refractivity contribution is 7.16. The molecule has 1 heterocycles. The molecule has 1 unspecified atom stereocenters. The second-order valence-corrected chi connectivity index (χ2v) is 3.48. The van der Waals surface area contributed by atoms with E-state index in [1.165, 1.54) is 0 Å². The van der Waals surface area contributed by atoms with Crippen molar-refractivity contribution in [1.29, 1.82) is 0 Å². The monoisotopic (exact) mass is 184 g/mol. The number of hydrogen-bond donors (Lipinski definition) is 0. The van der Waals surface area contributed by atoms with Gasteiger partial charge in [0.1, 0.15) is 14.5 Å². The van der Waals surface area contributed by atoms with E-state index in [1.54, 1.807) is 0 Å². The minimum atomic E-state index is 0.188. The van der Waals surface area contributed by atoms with Gasteiger partial charge in [-0.05, 0) is 12.6 Å². The number of ether oxygens (including phenoxy) is 2. The first-order valence-corrected chi connectivity index (χ1v) is 5.00. The van der Waals surface area contributed by atoms with Crippen molar-refractivity contribution >= 4 is 17.1 Å². The van der Waals surface area contributed by atoms with E-state index in [1.807, 2.05) is 0 Å². The summed E-state index contributed by atoms with van der Waals surface area (Å²) in [4.78, 5) is 0. The molecule has 2 nitrogen and oxygen atoms in total. The largest absolute Gasteiger partial charge is 0.381 e. The molecule has 4 heteroatoms. The zero-order valence-corrected chi connectivity index (χ0v) is 8.48. The molecule has 1 aliphatic heterocycles. The third-order valence-electron chi connectivity index (χ3n) is 2.00. The van der Waals surface area contributed by atoms with Crippen LogP contribution in [0.1, 0.15) is 6.42 Å². The van der Waals surface area contributed by atoms with Crippen molar-refractivity contribution in [3.05, 3.63) is 0 Å². The molecule has 1 saturated heterocycles. The maximum Gasteiger partial charge on any atom is 0.139 e. The Bertz CT molecular complexity index is 180. The molecular weight excluding hydrogens is 170 g/mol. The SMILES string of the molecule is B[C@H]1C[C@@H](OCC#C)[C@@H](CP)O1. The molecule has 0 aromatic rings. The molecule has 0 aliphatic carbocycles. The predicted molar refractivity (Wildman–Crippen MR) is 55.0 cm³/mol. The van der Waals surface area contributed by atoms with Gasteiger partial charge in [-0.25, -0.2) is 0 Å². The molecule has 0 radical (unpaired) electrons. The number of rotatable bonds is 3. The van der Waals surface area contributed by atoms with Crippen molar-refractivity contribution in [3.63, 3.8) is 0 Å². The second-order valence-electron chi connectivity index (χ2n) is 3.01. The van der Waals surface area contributed by atoms with Gasteiger partial charge in [-0.15, -0.1) is 15.7 Å². The molecule has 0 bridgehead atoms. The summed E-state index contributed by atoms with van der Waals surface area (Å²) in [5.41, 5.74) is 0. The van der Waals surface area contributed by atoms with Crippen LogP contribution in [-0.4, -0.2) is 38.8 Å². The van der Waals surface area contributed by atoms with Crippen molar-refractivity contribution in [2.45, 2.75) is 24.6 Å². The van der Waals surface area contributed by atoms with Crippen molar-refractivity contribution in [3.8, 4) is 12.3 Å². The van der Waals surface area contributed by atoms with E-state index < -0.39 is 0 Å². The molecule has 0 N–H and O–H groups in total. The van der Waals surface area contributed by atoms with Crippen LogP contribution < -0.4 is 0 Å². The summed E-state index contributed by atoms with van der Waals surface area (Å²) in [5, 5.41) is 0. The minimum absolute atomic E-state index is 0.188. The lowest BCUT2D eigenvalue weighted by atomic mass is 9.96. The van der Waals surface area contributed by atoms with Gasteiger partial charge in [-0.2, -0.15) is 0 Å². The molecule has 12 heavy (non-hydrogen) atoms. The number of terminal acetylenes is 1. The van der Waals surface area contributed by atoms with Crippen molar-refractivity contribution in [2.75, 3.05) is 12.8 Å². The van der Waals surface area contributed by atoms with E-state index in [4.69, 9.17) is 15.9 Å². The molecule has 4 atom stereocenters. The van der Waals surface area contributed by atoms with Gasteiger partial charge < -0.3 is 9.47 Å². The van der Waals surface area contributed by atoms with Crippen LogP contribution in [0, 0.1) is 12.3 Å². The first kappa shape index (κ1) is 10.1. The van der Waals surface area contributed by atoms with Gasteiger partial charge >= 0.3 is 0 Å². The first-order chi connectivity index (χ1) is 5.77. The van der Waals surface area contributed by atoms with Gasteiger partial charge in [0.2, 0.25) is 0 Å². The van der Waals surface area contributed by atoms with Gasteiger partial charge in [0, 0.05) is 6.00 Å². The normalized spacial score (nSPS) is 34.8. The van der Waals surface area contributed by atoms with Crippen molar-refractivity contribution in [1.82, 2.24) is 0 Å². The van der Waals surface area contributed by atoms with E-state index >= 15 is 0 Å². The van der Waals surface area contributed by atoms with E-state index in [-0.39, 0.29) is 12.2 Å². The Hall–Kier alpha value is -0.0251. The highest BCUT2D eigenvalue weighted by atomic mass is 31.0. The maximum atomic E-state index is 5.61. The highest BCUT2D eigenvalue weighted by Gasteiger charge is 2.31. The Morgan fingerprint density at radius 1 is 1.75 bits per heavy atom. The van der Waals surface area contributed by atoms with Gasteiger partial charge in [-0.1, -0.05) is 5.92 Å². The first-order valence-electron chi connectivity index (χ1n) is 4.18. The van der Waals surface area contributed by atoms with Gasteiger partial charge in [0.25, 0.3) is 0 Å². The zero-order valence-electron chi connectivity index (χ0n) is 7.32. The van der Waals surface area contributed by atoms with Gasteiger partial charge in [0.15, 0.2) is 0 Å². The predicted octanol–water partition coefficient (Wildman–Crippen LogP) is -0.372. The lowest BCUT2D eigenvalue weighted by molar-refractivity contribution is 0.0117. The summed E-state index contributed by atoms with van der Waals surface area (Å²) < 4.78 is 11.1. The van der Waals surface area contributed by atoms with Crippen molar-refractivity contribution in [2.24, 2.45) is 0 Å². The maximum absolute atomic E-state index is 5.61. The van der Waals surface area contributed by atoms with Crippen LogP contribution in [0.15, 0.2) is 0 Å². The van der Waals surface area contributed by atoms with Crippen LogP contribution in [0.5, 0.6) is 0 Å². The van der Waals surface area contributed by atoms with Gasteiger partial charge in [-0.3, -0.25) is 0 Å². The average molecular weight is 184 g/mol. The van der Waals surface area contributed by atoms with Crippen LogP contribution in [0.25, 0.3) is 0 Å². The smallest absolute Gasteiger partial charge is 0.139 e. The van der Waals surface area contributed by atoms with Gasteiger partial charge in [0.05, 0.1) is 12.2 Å². The molecule has 0 aromatic carbocycles. The molecule has 0 aromatic heterocycles. The molecule has 66 valence electrons. The average Bonchev–Trinajstić information content (AvgIpc) is 2.42. The standard InChI is InChI=1S/C8H14BO2P/c1-2-3-10-6-4-8(9)11-7(6)5-12/h1,6-8H,3-5,9,12H2/t6-,7-,8-/m1/s1.